The van der Waals surface area contributed by atoms with Gasteiger partial charge in [0.15, 0.2) is 0 Å². The summed E-state index contributed by atoms with van der Waals surface area (Å²) in [5.41, 5.74) is 0.792. The highest BCUT2D eigenvalue weighted by Gasteiger charge is 2.21. The third kappa shape index (κ3) is 6.76. The van der Waals surface area contributed by atoms with E-state index in [0.717, 1.165) is 12.1 Å². The molecule has 0 radical (unpaired) electrons. The molecule has 0 aliphatic rings. The van der Waals surface area contributed by atoms with E-state index in [-0.39, 0.29) is 11.2 Å². The van der Waals surface area contributed by atoms with Gasteiger partial charge in [0.1, 0.15) is 6.61 Å². The first-order chi connectivity index (χ1) is 10.3. The molecule has 0 heterocycles. The van der Waals surface area contributed by atoms with Gasteiger partial charge < -0.3 is 14.8 Å². The van der Waals surface area contributed by atoms with Crippen LogP contribution in [0.15, 0.2) is 42.2 Å². The third-order valence-electron chi connectivity index (χ3n) is 3.11. The summed E-state index contributed by atoms with van der Waals surface area (Å²) in [5, 5.41) is 3.37. The van der Waals surface area contributed by atoms with Gasteiger partial charge in [-0.25, -0.2) is 4.79 Å². The van der Waals surface area contributed by atoms with Gasteiger partial charge in [0, 0.05) is 12.6 Å². The Hall–Kier alpha value is -1.81. The highest BCUT2D eigenvalue weighted by atomic mass is 16.6. The van der Waals surface area contributed by atoms with E-state index in [1.807, 2.05) is 36.4 Å². The van der Waals surface area contributed by atoms with Crippen LogP contribution >= 0.6 is 0 Å². The van der Waals surface area contributed by atoms with Crippen LogP contribution in [0.25, 0.3) is 0 Å². The minimum atomic E-state index is -0.450. The van der Waals surface area contributed by atoms with Crippen molar-refractivity contribution in [3.63, 3.8) is 0 Å². The first kappa shape index (κ1) is 18.2. The van der Waals surface area contributed by atoms with Gasteiger partial charge in [0.25, 0.3) is 0 Å². The summed E-state index contributed by atoms with van der Waals surface area (Å²) in [6.07, 6.45) is 1.83. The van der Waals surface area contributed by atoms with Crippen LogP contribution in [-0.2, 0) is 20.9 Å². The lowest BCUT2D eigenvalue weighted by atomic mass is 9.92. The van der Waals surface area contributed by atoms with Crippen LogP contribution in [0.2, 0.25) is 0 Å². The minimum Gasteiger partial charge on any atom is -0.482 e. The maximum atomic E-state index is 11.9. The predicted molar refractivity (Wildman–Crippen MR) is 88.2 cm³/mol. The molecule has 4 nitrogen and oxygen atoms in total. The largest absolute Gasteiger partial charge is 0.482 e. The fourth-order valence-electron chi connectivity index (χ4n) is 1.87. The lowest BCUT2D eigenvalue weighted by molar-refractivity contribution is -0.140. The molecule has 0 unspecified atom stereocenters. The highest BCUT2D eigenvalue weighted by Crippen LogP contribution is 2.20. The molecular weight excluding hydrogens is 278 g/mol. The first-order valence-electron chi connectivity index (χ1n) is 7.55. The topological polar surface area (TPSA) is 47.6 Å². The number of hydrogen-bond donors (Lipinski definition) is 1. The Morgan fingerprint density at radius 1 is 1.27 bits per heavy atom. The van der Waals surface area contributed by atoms with Gasteiger partial charge in [0.05, 0.1) is 7.11 Å². The maximum absolute atomic E-state index is 11.9. The lowest BCUT2D eigenvalue weighted by Gasteiger charge is -2.23. The fourth-order valence-corrected chi connectivity index (χ4v) is 1.87. The number of nitrogens with one attached hydrogen (secondary N) is 1. The van der Waals surface area contributed by atoms with Gasteiger partial charge in [-0.15, -0.1) is 0 Å². The van der Waals surface area contributed by atoms with E-state index < -0.39 is 5.97 Å². The standard InChI is InChI=1S/C18H27NO3/c1-14(2)19-13-18(3,4)11-16(17(20)21-5)22-12-15-9-7-6-8-10-15/h6-11,14,19H,12-13H2,1-5H3/b16-11-. The zero-order valence-corrected chi connectivity index (χ0v) is 14.2. The predicted octanol–water partition coefficient (Wildman–Crippen LogP) is 3.28. The van der Waals surface area contributed by atoms with Crippen molar-refractivity contribution in [3.05, 3.63) is 47.7 Å². The summed E-state index contributed by atoms with van der Waals surface area (Å²) in [4.78, 5) is 11.9. The number of rotatable bonds is 8. The number of ether oxygens (including phenoxy) is 2. The second kappa shape index (κ2) is 8.59. The quantitative estimate of drug-likeness (QED) is 0.455. The van der Waals surface area contributed by atoms with E-state index in [2.05, 4.69) is 33.0 Å². The lowest BCUT2D eigenvalue weighted by Crippen LogP contribution is -2.33. The van der Waals surface area contributed by atoms with Gasteiger partial charge in [0.2, 0.25) is 5.76 Å². The molecule has 0 bridgehead atoms. The summed E-state index contributed by atoms with van der Waals surface area (Å²) in [6, 6.07) is 10.1. The average molecular weight is 305 g/mol. The fraction of sp³-hybridized carbons (Fsp3) is 0.500. The minimum absolute atomic E-state index is 0.218. The van der Waals surface area contributed by atoms with Crippen LogP contribution in [0.5, 0.6) is 0 Å². The molecule has 0 saturated heterocycles. The van der Waals surface area contributed by atoms with Crippen molar-refractivity contribution >= 4 is 5.97 Å². The number of methoxy groups -OCH3 is 1. The van der Waals surface area contributed by atoms with Crippen molar-refractivity contribution in [2.45, 2.75) is 40.3 Å². The van der Waals surface area contributed by atoms with Gasteiger partial charge >= 0.3 is 5.97 Å². The summed E-state index contributed by atoms with van der Waals surface area (Å²) in [6.45, 7) is 9.38. The molecule has 0 aromatic heterocycles. The maximum Gasteiger partial charge on any atom is 0.373 e. The van der Waals surface area contributed by atoms with Crippen LogP contribution in [0, 0.1) is 5.41 Å². The van der Waals surface area contributed by atoms with Crippen molar-refractivity contribution in [3.8, 4) is 0 Å². The molecule has 1 rings (SSSR count). The molecule has 1 aromatic carbocycles. The SMILES string of the molecule is COC(=O)/C(=C/C(C)(C)CNC(C)C)OCc1ccccc1. The molecule has 122 valence electrons. The van der Waals surface area contributed by atoms with Crippen molar-refractivity contribution in [1.82, 2.24) is 5.32 Å². The van der Waals surface area contributed by atoms with E-state index in [1.165, 1.54) is 7.11 Å². The van der Waals surface area contributed by atoms with Gasteiger partial charge in [-0.05, 0) is 17.1 Å². The number of carbonyl (C=O) groups excluding carboxylic acids is 1. The van der Waals surface area contributed by atoms with E-state index in [9.17, 15) is 4.79 Å². The van der Waals surface area contributed by atoms with Crippen LogP contribution in [0.3, 0.4) is 0 Å². The Balaban J connectivity index is 2.78. The van der Waals surface area contributed by atoms with E-state index >= 15 is 0 Å². The number of hydrogen-bond acceptors (Lipinski definition) is 4. The van der Waals surface area contributed by atoms with Crippen LogP contribution in [0.1, 0.15) is 33.3 Å². The van der Waals surface area contributed by atoms with Gasteiger partial charge in [-0.2, -0.15) is 0 Å². The Morgan fingerprint density at radius 3 is 2.45 bits per heavy atom. The Labute approximate surface area is 133 Å². The monoisotopic (exact) mass is 305 g/mol. The molecule has 1 N–H and O–H groups in total. The molecule has 0 saturated carbocycles. The first-order valence-corrected chi connectivity index (χ1v) is 7.55. The van der Waals surface area contributed by atoms with Crippen molar-refractivity contribution in [2.24, 2.45) is 5.41 Å². The molecular formula is C18H27NO3. The summed E-state index contributed by atoms with van der Waals surface area (Å²) in [7, 11) is 1.36. The second-order valence-electron chi connectivity index (χ2n) is 6.30. The van der Waals surface area contributed by atoms with Gasteiger partial charge in [-0.3, -0.25) is 0 Å². The molecule has 4 heteroatoms. The van der Waals surface area contributed by atoms with E-state index in [1.54, 1.807) is 0 Å². The smallest absolute Gasteiger partial charge is 0.373 e. The Kier molecular flexibility index (Phi) is 7.12. The molecule has 0 amide bonds. The summed E-state index contributed by atoms with van der Waals surface area (Å²) >= 11 is 0. The van der Waals surface area contributed by atoms with Gasteiger partial charge in [-0.1, -0.05) is 58.0 Å². The van der Waals surface area contributed by atoms with E-state index in [0.29, 0.717) is 12.6 Å². The molecule has 22 heavy (non-hydrogen) atoms. The molecule has 1 aromatic rings. The highest BCUT2D eigenvalue weighted by molar-refractivity contribution is 5.86. The normalized spacial score (nSPS) is 12.4. The number of benzene rings is 1. The Bertz CT molecular complexity index is 492. The molecule has 0 fully saturated rings. The van der Waals surface area contributed by atoms with Crippen LogP contribution in [0.4, 0.5) is 0 Å². The van der Waals surface area contributed by atoms with E-state index in [4.69, 9.17) is 9.47 Å². The van der Waals surface area contributed by atoms with Crippen molar-refractivity contribution in [2.75, 3.05) is 13.7 Å². The number of esters is 1. The Morgan fingerprint density at radius 2 is 1.91 bits per heavy atom. The molecule has 0 aliphatic carbocycles. The average Bonchev–Trinajstić information content (AvgIpc) is 2.49. The summed E-state index contributed by atoms with van der Waals surface area (Å²) in [5.74, 6) is -0.199. The van der Waals surface area contributed by atoms with Crippen LogP contribution < -0.4 is 5.32 Å². The molecule has 0 aliphatic heterocycles. The van der Waals surface area contributed by atoms with Crippen molar-refractivity contribution < 1.29 is 14.3 Å². The third-order valence-corrected chi connectivity index (χ3v) is 3.11. The summed E-state index contributed by atoms with van der Waals surface area (Å²) < 4.78 is 10.5. The zero-order chi connectivity index (χ0) is 16.6. The van der Waals surface area contributed by atoms with Crippen LogP contribution in [-0.4, -0.2) is 25.7 Å². The molecule has 0 atom stereocenters. The second-order valence-corrected chi connectivity index (χ2v) is 6.30. The zero-order valence-electron chi connectivity index (χ0n) is 14.2. The molecule has 0 spiro atoms. The van der Waals surface area contributed by atoms with Crippen molar-refractivity contribution in [1.29, 1.82) is 0 Å². The number of carbonyl (C=O) groups is 1.